The van der Waals surface area contributed by atoms with Gasteiger partial charge in [-0.15, -0.1) is 0 Å². The number of hydrogen-bond acceptors (Lipinski definition) is 5. The molecule has 0 unspecified atom stereocenters. The van der Waals surface area contributed by atoms with E-state index in [0.29, 0.717) is 6.61 Å². The second-order valence-electron chi connectivity index (χ2n) is 3.46. The molecule has 1 N–H and O–H groups in total. The SMILES string of the molecule is C=C(O)C(=O)OCC.C=CC(=O)OCc1ccccc1. The number of carbonyl (C=O) groups is 2. The van der Waals surface area contributed by atoms with Crippen molar-refractivity contribution >= 4 is 11.9 Å². The van der Waals surface area contributed by atoms with Gasteiger partial charge in [0, 0.05) is 6.08 Å². The summed E-state index contributed by atoms with van der Waals surface area (Å²) in [5.41, 5.74) is 0.979. The predicted octanol–water partition coefficient (Wildman–Crippen LogP) is 2.54. The molecule has 0 aliphatic rings. The van der Waals surface area contributed by atoms with Crippen molar-refractivity contribution in [1.82, 2.24) is 0 Å². The highest BCUT2D eigenvalue weighted by Gasteiger charge is 2.01. The van der Waals surface area contributed by atoms with Crippen molar-refractivity contribution in [2.45, 2.75) is 13.5 Å². The van der Waals surface area contributed by atoms with E-state index in [1.807, 2.05) is 30.3 Å². The van der Waals surface area contributed by atoms with Crippen LogP contribution in [0.4, 0.5) is 0 Å². The van der Waals surface area contributed by atoms with Crippen molar-refractivity contribution in [2.24, 2.45) is 0 Å². The maximum Gasteiger partial charge on any atom is 0.372 e. The van der Waals surface area contributed by atoms with Gasteiger partial charge in [-0.1, -0.05) is 36.9 Å². The van der Waals surface area contributed by atoms with Gasteiger partial charge in [-0.25, -0.2) is 9.59 Å². The van der Waals surface area contributed by atoms with Crippen LogP contribution in [0.5, 0.6) is 0 Å². The third kappa shape index (κ3) is 8.52. The average molecular weight is 278 g/mol. The van der Waals surface area contributed by atoms with Crippen LogP contribution in [0.1, 0.15) is 12.5 Å². The Morgan fingerprint density at radius 1 is 1.25 bits per heavy atom. The van der Waals surface area contributed by atoms with E-state index in [4.69, 9.17) is 9.84 Å². The number of hydrogen-bond donors (Lipinski definition) is 1. The maximum atomic E-state index is 10.6. The molecule has 0 bridgehead atoms. The van der Waals surface area contributed by atoms with Gasteiger partial charge in [-0.05, 0) is 19.1 Å². The summed E-state index contributed by atoms with van der Waals surface area (Å²) >= 11 is 0. The van der Waals surface area contributed by atoms with E-state index in [2.05, 4.69) is 17.9 Å². The third-order valence-electron chi connectivity index (χ3n) is 1.90. The molecule has 0 aliphatic carbocycles. The molecule has 0 saturated heterocycles. The minimum atomic E-state index is -0.757. The molecule has 0 aliphatic heterocycles. The lowest BCUT2D eigenvalue weighted by Gasteiger charge is -2.00. The van der Waals surface area contributed by atoms with Crippen LogP contribution < -0.4 is 0 Å². The maximum absolute atomic E-state index is 10.6. The molecule has 0 amide bonds. The highest BCUT2D eigenvalue weighted by Crippen LogP contribution is 2.00. The lowest BCUT2D eigenvalue weighted by atomic mass is 10.2. The van der Waals surface area contributed by atoms with E-state index in [-0.39, 0.29) is 12.6 Å². The van der Waals surface area contributed by atoms with Crippen molar-refractivity contribution in [3.05, 3.63) is 60.9 Å². The zero-order valence-corrected chi connectivity index (χ0v) is 11.4. The smallest absolute Gasteiger partial charge is 0.372 e. The average Bonchev–Trinajstić information content (AvgIpc) is 2.46. The minimum Gasteiger partial charge on any atom is -0.502 e. The fourth-order valence-electron chi connectivity index (χ4n) is 1.00. The first-order valence-electron chi connectivity index (χ1n) is 5.89. The van der Waals surface area contributed by atoms with E-state index in [9.17, 15) is 9.59 Å². The zero-order valence-electron chi connectivity index (χ0n) is 11.4. The second kappa shape index (κ2) is 10.4. The highest BCUT2D eigenvalue weighted by atomic mass is 16.5. The number of rotatable bonds is 5. The Morgan fingerprint density at radius 2 is 1.85 bits per heavy atom. The normalized spacial score (nSPS) is 8.65. The Balaban J connectivity index is 0.000000396. The van der Waals surface area contributed by atoms with Gasteiger partial charge in [0.15, 0.2) is 5.76 Å². The molecular formula is C15H18O5. The molecule has 1 aromatic carbocycles. The molecule has 0 radical (unpaired) electrons. The quantitative estimate of drug-likeness (QED) is 0.509. The molecule has 0 spiro atoms. The monoisotopic (exact) mass is 278 g/mol. The van der Waals surface area contributed by atoms with Crippen LogP contribution in [0.2, 0.25) is 0 Å². The van der Waals surface area contributed by atoms with Crippen LogP contribution in [0.25, 0.3) is 0 Å². The largest absolute Gasteiger partial charge is 0.502 e. The van der Waals surface area contributed by atoms with Crippen molar-refractivity contribution in [1.29, 1.82) is 0 Å². The number of carbonyl (C=O) groups excluding carboxylic acids is 2. The molecule has 5 heteroatoms. The third-order valence-corrected chi connectivity index (χ3v) is 1.90. The van der Waals surface area contributed by atoms with Crippen molar-refractivity contribution in [3.63, 3.8) is 0 Å². The Hall–Kier alpha value is -2.56. The fourth-order valence-corrected chi connectivity index (χ4v) is 1.00. The van der Waals surface area contributed by atoms with Gasteiger partial charge >= 0.3 is 11.9 Å². The number of aliphatic hydroxyl groups is 1. The van der Waals surface area contributed by atoms with Gasteiger partial charge in [0.1, 0.15) is 6.61 Å². The summed E-state index contributed by atoms with van der Waals surface area (Å²) in [5, 5.41) is 8.28. The number of benzene rings is 1. The highest BCUT2D eigenvalue weighted by molar-refractivity contribution is 5.84. The van der Waals surface area contributed by atoms with Gasteiger partial charge in [0.05, 0.1) is 6.61 Å². The Labute approximate surface area is 118 Å². The lowest BCUT2D eigenvalue weighted by molar-refractivity contribution is -0.141. The standard InChI is InChI=1S/C10H10O2.C5H8O3/c1-2-10(11)12-8-9-6-4-3-5-7-9;1-3-8-5(7)4(2)6/h2-7H,1,8H2;6H,2-3H2,1H3. The van der Waals surface area contributed by atoms with Crippen molar-refractivity contribution in [2.75, 3.05) is 6.61 Å². The summed E-state index contributed by atoms with van der Waals surface area (Å²) in [6.45, 7) is 8.48. The van der Waals surface area contributed by atoms with E-state index in [1.165, 1.54) is 0 Å². The van der Waals surface area contributed by atoms with E-state index in [0.717, 1.165) is 11.6 Å². The number of ether oxygens (including phenoxy) is 2. The molecule has 0 aromatic heterocycles. The topological polar surface area (TPSA) is 72.8 Å². The van der Waals surface area contributed by atoms with Crippen molar-refractivity contribution < 1.29 is 24.2 Å². The Kier molecular flexibility index (Phi) is 9.04. The number of esters is 2. The first-order valence-corrected chi connectivity index (χ1v) is 5.89. The Bertz CT molecular complexity index is 451. The van der Waals surface area contributed by atoms with Gasteiger partial charge in [0.2, 0.25) is 0 Å². The van der Waals surface area contributed by atoms with E-state index < -0.39 is 11.7 Å². The van der Waals surface area contributed by atoms with Crippen molar-refractivity contribution in [3.8, 4) is 0 Å². The molecular weight excluding hydrogens is 260 g/mol. The fraction of sp³-hybridized carbons (Fsp3) is 0.200. The van der Waals surface area contributed by atoms with Gasteiger partial charge in [-0.3, -0.25) is 0 Å². The molecule has 108 valence electrons. The van der Waals surface area contributed by atoms with Gasteiger partial charge in [0.25, 0.3) is 0 Å². The predicted molar refractivity (Wildman–Crippen MR) is 74.8 cm³/mol. The van der Waals surface area contributed by atoms with Crippen LogP contribution >= 0.6 is 0 Å². The second-order valence-corrected chi connectivity index (χ2v) is 3.46. The van der Waals surface area contributed by atoms with E-state index in [1.54, 1.807) is 6.92 Å². The van der Waals surface area contributed by atoms with Crippen LogP contribution in [-0.4, -0.2) is 23.7 Å². The summed E-state index contributed by atoms with van der Waals surface area (Å²) in [6, 6.07) is 9.51. The number of aliphatic hydroxyl groups excluding tert-OH is 1. The molecule has 0 heterocycles. The summed E-state index contributed by atoms with van der Waals surface area (Å²) in [5.74, 6) is -1.70. The molecule has 0 fully saturated rings. The van der Waals surface area contributed by atoms with E-state index >= 15 is 0 Å². The van der Waals surface area contributed by atoms with Crippen LogP contribution in [0.3, 0.4) is 0 Å². The van der Waals surface area contributed by atoms with Crippen LogP contribution in [-0.2, 0) is 25.7 Å². The van der Waals surface area contributed by atoms with Crippen LogP contribution in [0.15, 0.2) is 55.3 Å². The summed E-state index contributed by atoms with van der Waals surface area (Å²) < 4.78 is 9.14. The minimum absolute atomic E-state index is 0.262. The molecule has 0 saturated carbocycles. The molecule has 1 aromatic rings. The molecule has 0 atom stereocenters. The zero-order chi connectivity index (χ0) is 15.4. The van der Waals surface area contributed by atoms with Gasteiger partial charge in [-0.2, -0.15) is 0 Å². The summed E-state index contributed by atoms with van der Waals surface area (Å²) in [6.07, 6.45) is 1.16. The summed E-state index contributed by atoms with van der Waals surface area (Å²) in [4.78, 5) is 20.8. The first-order chi connectivity index (χ1) is 9.51. The molecule has 20 heavy (non-hydrogen) atoms. The molecule has 1 rings (SSSR count). The Morgan fingerprint density at radius 3 is 2.25 bits per heavy atom. The van der Waals surface area contributed by atoms with Crippen LogP contribution in [0, 0.1) is 0 Å². The molecule has 5 nitrogen and oxygen atoms in total. The lowest BCUT2D eigenvalue weighted by Crippen LogP contribution is -2.05. The first kappa shape index (κ1) is 17.4. The van der Waals surface area contributed by atoms with Gasteiger partial charge < -0.3 is 14.6 Å². The summed E-state index contributed by atoms with van der Waals surface area (Å²) in [7, 11) is 0.